The van der Waals surface area contributed by atoms with Gasteiger partial charge in [0.15, 0.2) is 0 Å². The second kappa shape index (κ2) is 3.67. The molecule has 1 rings (SSSR count). The van der Waals surface area contributed by atoms with E-state index in [4.69, 9.17) is 0 Å². The van der Waals surface area contributed by atoms with Gasteiger partial charge in [0.2, 0.25) is 0 Å². The largest absolute Gasteiger partial charge is 0.392 e. The maximum absolute atomic E-state index is 10.0. The summed E-state index contributed by atoms with van der Waals surface area (Å²) < 4.78 is 0. The van der Waals surface area contributed by atoms with Crippen LogP contribution in [0.2, 0.25) is 0 Å². The third kappa shape index (κ3) is 2.37. The van der Waals surface area contributed by atoms with Crippen molar-refractivity contribution in [1.82, 2.24) is 0 Å². The summed E-state index contributed by atoms with van der Waals surface area (Å²) in [5.74, 6) is 0.257. The Hall–Kier alpha value is -0.340. The van der Waals surface area contributed by atoms with Gasteiger partial charge in [0.05, 0.1) is 11.7 Å². The fourth-order valence-electron chi connectivity index (χ4n) is 2.07. The summed E-state index contributed by atoms with van der Waals surface area (Å²) in [5, 5.41) is 19.8. The van der Waals surface area contributed by atoms with Crippen molar-refractivity contribution in [2.45, 2.75) is 52.2 Å². The van der Waals surface area contributed by atoms with E-state index >= 15 is 0 Å². The topological polar surface area (TPSA) is 40.5 Å². The molecule has 0 spiro atoms. The molecule has 0 aromatic heterocycles. The van der Waals surface area contributed by atoms with Crippen LogP contribution in [0, 0.1) is 11.3 Å². The maximum atomic E-state index is 10.0. The minimum absolute atomic E-state index is 0.170. The van der Waals surface area contributed by atoms with E-state index < -0.39 is 5.60 Å². The monoisotopic (exact) mass is 198 g/mol. The fraction of sp³-hybridized carbons (Fsp3) is 0.833. The van der Waals surface area contributed by atoms with Crippen LogP contribution >= 0.6 is 0 Å². The van der Waals surface area contributed by atoms with Crippen LogP contribution in [0.4, 0.5) is 0 Å². The molecule has 82 valence electrons. The molecule has 0 aliphatic heterocycles. The van der Waals surface area contributed by atoms with Crippen LogP contribution in [0.3, 0.4) is 0 Å². The number of aliphatic hydroxyl groups excluding tert-OH is 1. The predicted octanol–water partition coefficient (Wildman–Crippen LogP) is 2.11. The first-order valence-electron chi connectivity index (χ1n) is 5.38. The molecule has 14 heavy (non-hydrogen) atoms. The van der Waals surface area contributed by atoms with Crippen LogP contribution in [0.15, 0.2) is 12.2 Å². The van der Waals surface area contributed by atoms with Crippen molar-refractivity contribution in [3.63, 3.8) is 0 Å². The van der Waals surface area contributed by atoms with E-state index in [-0.39, 0.29) is 17.4 Å². The Morgan fingerprint density at radius 2 is 1.71 bits per heavy atom. The summed E-state index contributed by atoms with van der Waals surface area (Å²) in [6.45, 7) is 7.92. The molecule has 0 bridgehead atoms. The average molecular weight is 198 g/mol. The molecule has 2 heteroatoms. The van der Waals surface area contributed by atoms with E-state index in [9.17, 15) is 10.2 Å². The molecule has 1 aliphatic rings. The van der Waals surface area contributed by atoms with Crippen molar-refractivity contribution in [3.8, 4) is 0 Å². The average Bonchev–Trinajstić information content (AvgIpc) is 2.09. The van der Waals surface area contributed by atoms with Crippen molar-refractivity contribution >= 4 is 0 Å². The van der Waals surface area contributed by atoms with Gasteiger partial charge in [-0.2, -0.15) is 0 Å². The predicted molar refractivity (Wildman–Crippen MR) is 57.9 cm³/mol. The molecule has 3 unspecified atom stereocenters. The molecule has 0 radical (unpaired) electrons. The minimum Gasteiger partial charge on any atom is -0.392 e. The first-order valence-corrected chi connectivity index (χ1v) is 5.38. The quantitative estimate of drug-likeness (QED) is 0.667. The lowest BCUT2D eigenvalue weighted by molar-refractivity contribution is -0.00226. The van der Waals surface area contributed by atoms with Gasteiger partial charge in [-0.05, 0) is 25.7 Å². The Morgan fingerprint density at radius 1 is 1.14 bits per heavy atom. The normalized spacial score (nSPS) is 40.2. The summed E-state index contributed by atoms with van der Waals surface area (Å²) in [5.41, 5.74) is -0.855. The number of hydrogen-bond acceptors (Lipinski definition) is 2. The first kappa shape index (κ1) is 11.7. The molecule has 0 saturated heterocycles. The second-order valence-corrected chi connectivity index (χ2v) is 5.39. The van der Waals surface area contributed by atoms with Crippen LogP contribution in [-0.4, -0.2) is 21.9 Å². The third-order valence-electron chi connectivity index (χ3n) is 3.30. The van der Waals surface area contributed by atoms with Gasteiger partial charge in [0.1, 0.15) is 0 Å². The summed E-state index contributed by atoms with van der Waals surface area (Å²) in [7, 11) is 0. The molecule has 0 aromatic carbocycles. The van der Waals surface area contributed by atoms with E-state index in [1.807, 2.05) is 32.9 Å². The molecule has 3 atom stereocenters. The zero-order valence-corrected chi connectivity index (χ0v) is 9.62. The first-order chi connectivity index (χ1) is 6.27. The van der Waals surface area contributed by atoms with Gasteiger partial charge in [0, 0.05) is 5.41 Å². The Labute approximate surface area is 86.6 Å². The standard InChI is InChI=1S/C12H22O2/c1-9(2)10(13)11(3)5-7-12(4,14)8-6-11/h5,7,9-10,13-14H,6,8H2,1-4H3. The van der Waals surface area contributed by atoms with Gasteiger partial charge in [0.25, 0.3) is 0 Å². The zero-order chi connectivity index (χ0) is 11.0. The summed E-state index contributed by atoms with van der Waals surface area (Å²) in [4.78, 5) is 0. The number of hydrogen-bond donors (Lipinski definition) is 2. The molecule has 0 fully saturated rings. The van der Waals surface area contributed by atoms with E-state index in [0.29, 0.717) is 0 Å². The molecular weight excluding hydrogens is 176 g/mol. The van der Waals surface area contributed by atoms with Crippen molar-refractivity contribution in [2.75, 3.05) is 0 Å². The smallest absolute Gasteiger partial charge is 0.0800 e. The fourth-order valence-corrected chi connectivity index (χ4v) is 2.07. The van der Waals surface area contributed by atoms with Crippen LogP contribution in [0.25, 0.3) is 0 Å². The molecule has 0 aromatic rings. The van der Waals surface area contributed by atoms with Crippen LogP contribution in [-0.2, 0) is 0 Å². The molecule has 1 aliphatic carbocycles. The van der Waals surface area contributed by atoms with Crippen molar-refractivity contribution < 1.29 is 10.2 Å². The van der Waals surface area contributed by atoms with Crippen molar-refractivity contribution in [2.24, 2.45) is 11.3 Å². The molecular formula is C12H22O2. The highest BCUT2D eigenvalue weighted by molar-refractivity contribution is 5.13. The maximum Gasteiger partial charge on any atom is 0.0800 e. The highest BCUT2D eigenvalue weighted by Gasteiger charge is 2.37. The molecule has 2 N–H and O–H groups in total. The molecule has 0 saturated carbocycles. The number of rotatable bonds is 2. The van der Waals surface area contributed by atoms with Gasteiger partial charge in [-0.25, -0.2) is 0 Å². The summed E-state index contributed by atoms with van der Waals surface area (Å²) >= 11 is 0. The van der Waals surface area contributed by atoms with Crippen molar-refractivity contribution in [1.29, 1.82) is 0 Å². The lowest BCUT2D eigenvalue weighted by Gasteiger charge is -2.40. The van der Waals surface area contributed by atoms with E-state index in [1.165, 1.54) is 0 Å². The third-order valence-corrected chi connectivity index (χ3v) is 3.30. The van der Waals surface area contributed by atoms with Gasteiger partial charge in [-0.1, -0.05) is 32.9 Å². The summed E-state index contributed by atoms with van der Waals surface area (Å²) in [6, 6.07) is 0. The Kier molecular flexibility index (Phi) is 3.07. The second-order valence-electron chi connectivity index (χ2n) is 5.39. The van der Waals surface area contributed by atoms with Crippen molar-refractivity contribution in [3.05, 3.63) is 12.2 Å². The zero-order valence-electron chi connectivity index (χ0n) is 9.62. The highest BCUT2D eigenvalue weighted by Crippen LogP contribution is 2.39. The molecule has 2 nitrogen and oxygen atoms in total. The van der Waals surface area contributed by atoms with Crippen LogP contribution in [0.5, 0.6) is 0 Å². The highest BCUT2D eigenvalue weighted by atomic mass is 16.3. The van der Waals surface area contributed by atoms with Crippen LogP contribution in [0.1, 0.15) is 40.5 Å². The molecule has 0 heterocycles. The van der Waals surface area contributed by atoms with E-state index in [2.05, 4.69) is 6.92 Å². The van der Waals surface area contributed by atoms with Gasteiger partial charge >= 0.3 is 0 Å². The Bertz CT molecular complexity index is 230. The lowest BCUT2D eigenvalue weighted by atomic mass is 9.70. The Morgan fingerprint density at radius 3 is 2.07 bits per heavy atom. The minimum atomic E-state index is -0.684. The lowest BCUT2D eigenvalue weighted by Crippen LogP contribution is -2.40. The van der Waals surface area contributed by atoms with E-state index in [0.717, 1.165) is 12.8 Å². The van der Waals surface area contributed by atoms with E-state index in [1.54, 1.807) is 0 Å². The SMILES string of the molecule is CC(C)C(O)C1(C)C=CC(C)(O)CC1. The Balaban J connectivity index is 2.79. The molecule has 0 amide bonds. The van der Waals surface area contributed by atoms with Gasteiger partial charge in [-0.15, -0.1) is 0 Å². The summed E-state index contributed by atoms with van der Waals surface area (Å²) in [6.07, 6.45) is 5.04. The van der Waals surface area contributed by atoms with Gasteiger partial charge in [-0.3, -0.25) is 0 Å². The van der Waals surface area contributed by atoms with Crippen LogP contribution < -0.4 is 0 Å². The van der Waals surface area contributed by atoms with Gasteiger partial charge < -0.3 is 10.2 Å². The number of aliphatic hydroxyl groups is 2.